The van der Waals surface area contributed by atoms with Crippen molar-refractivity contribution in [2.45, 2.75) is 33.6 Å². The van der Waals surface area contributed by atoms with E-state index in [9.17, 15) is 4.79 Å². The molecule has 0 aliphatic heterocycles. The number of hydrogen-bond acceptors (Lipinski definition) is 2. The Morgan fingerprint density at radius 3 is 2.44 bits per heavy atom. The van der Waals surface area contributed by atoms with E-state index in [1.165, 1.54) is 0 Å². The molecule has 0 aliphatic carbocycles. The number of amides is 1. The van der Waals surface area contributed by atoms with Gasteiger partial charge in [0.2, 0.25) is 5.91 Å². The van der Waals surface area contributed by atoms with Gasteiger partial charge in [-0.1, -0.05) is 13.3 Å². The molecular weight excluding hydrogens is 202 g/mol. The fourth-order valence-corrected chi connectivity index (χ4v) is 1.75. The van der Waals surface area contributed by atoms with Gasteiger partial charge < -0.3 is 5.73 Å². The second-order valence-corrected chi connectivity index (χ2v) is 4.15. The van der Waals surface area contributed by atoms with Gasteiger partial charge in [0.05, 0.1) is 5.92 Å². The lowest BCUT2D eigenvalue weighted by atomic mass is 10.0. The van der Waals surface area contributed by atoms with Crippen LogP contribution in [0.3, 0.4) is 0 Å². The van der Waals surface area contributed by atoms with Gasteiger partial charge in [-0.25, -0.2) is 0 Å². The van der Waals surface area contributed by atoms with Crippen molar-refractivity contribution in [2.75, 3.05) is 12.0 Å². The molecule has 1 amide bonds. The molecule has 1 rings (SSSR count). The Kier molecular flexibility index (Phi) is 4.55. The van der Waals surface area contributed by atoms with Gasteiger partial charge in [0, 0.05) is 17.9 Å². The Labute approximate surface area is 96.8 Å². The first-order valence-corrected chi connectivity index (χ1v) is 5.76. The van der Waals surface area contributed by atoms with Gasteiger partial charge in [-0.05, 0) is 32.4 Å². The van der Waals surface area contributed by atoms with Gasteiger partial charge in [-0.15, -0.1) is 0 Å². The highest BCUT2D eigenvalue weighted by Crippen LogP contribution is 2.08. The maximum absolute atomic E-state index is 11.9. The maximum atomic E-state index is 11.9. The molecule has 4 heteroatoms. The summed E-state index contributed by atoms with van der Waals surface area (Å²) < 4.78 is 1.81. The zero-order valence-electron chi connectivity index (χ0n) is 10.3. The highest BCUT2D eigenvalue weighted by Gasteiger charge is 2.16. The van der Waals surface area contributed by atoms with Crippen LogP contribution < -0.4 is 11.2 Å². The zero-order chi connectivity index (χ0) is 12.1. The Balaban J connectivity index is 2.70. The predicted octanol–water partition coefficient (Wildman–Crippen LogP) is 1.55. The second kappa shape index (κ2) is 5.70. The minimum absolute atomic E-state index is 0.00625. The molecule has 0 aliphatic rings. The minimum atomic E-state index is -0.0915. The molecule has 90 valence electrons. The number of nitrogens with one attached hydrogen (secondary N) is 1. The lowest BCUT2D eigenvalue weighted by Gasteiger charge is -2.16. The Morgan fingerprint density at radius 1 is 1.44 bits per heavy atom. The lowest BCUT2D eigenvalue weighted by molar-refractivity contribution is -0.120. The molecule has 0 saturated carbocycles. The van der Waals surface area contributed by atoms with E-state index in [1.54, 1.807) is 4.68 Å². The average molecular weight is 223 g/mol. The molecule has 0 bridgehead atoms. The van der Waals surface area contributed by atoms with Crippen LogP contribution in [0.2, 0.25) is 0 Å². The van der Waals surface area contributed by atoms with Crippen LogP contribution >= 0.6 is 0 Å². The summed E-state index contributed by atoms with van der Waals surface area (Å²) in [4.78, 5) is 11.9. The van der Waals surface area contributed by atoms with E-state index in [-0.39, 0.29) is 11.8 Å². The Hall–Kier alpha value is -1.29. The fraction of sp³-hybridized carbons (Fsp3) is 0.583. The van der Waals surface area contributed by atoms with E-state index in [0.29, 0.717) is 6.54 Å². The number of carbonyl (C=O) groups is 1. The molecule has 1 unspecified atom stereocenters. The summed E-state index contributed by atoms with van der Waals surface area (Å²) in [7, 11) is 0. The summed E-state index contributed by atoms with van der Waals surface area (Å²) in [6, 6.07) is 3.96. The average Bonchev–Trinajstić information content (AvgIpc) is 2.57. The molecule has 0 fully saturated rings. The van der Waals surface area contributed by atoms with Crippen molar-refractivity contribution in [1.82, 2.24) is 4.68 Å². The molecule has 16 heavy (non-hydrogen) atoms. The number of rotatable bonds is 5. The molecule has 1 aromatic rings. The molecular formula is C12H21N3O. The van der Waals surface area contributed by atoms with Crippen molar-refractivity contribution in [3.8, 4) is 0 Å². The van der Waals surface area contributed by atoms with Crippen LogP contribution in [0, 0.1) is 19.8 Å². The van der Waals surface area contributed by atoms with Crippen molar-refractivity contribution in [2.24, 2.45) is 11.7 Å². The maximum Gasteiger partial charge on any atom is 0.243 e. The Morgan fingerprint density at radius 2 is 2.00 bits per heavy atom. The number of nitrogens with zero attached hydrogens (tertiary/aromatic N) is 1. The fourth-order valence-electron chi connectivity index (χ4n) is 1.75. The highest BCUT2D eigenvalue weighted by molar-refractivity contribution is 5.86. The first kappa shape index (κ1) is 12.8. The van der Waals surface area contributed by atoms with Gasteiger partial charge in [-0.2, -0.15) is 0 Å². The highest BCUT2D eigenvalue weighted by atomic mass is 16.2. The predicted molar refractivity (Wildman–Crippen MR) is 65.7 cm³/mol. The van der Waals surface area contributed by atoms with E-state index in [0.717, 1.165) is 24.2 Å². The number of nitrogens with two attached hydrogens (primary N) is 1. The van der Waals surface area contributed by atoms with Gasteiger partial charge >= 0.3 is 0 Å². The number of carbonyl (C=O) groups excluding carboxylic acids is 1. The monoisotopic (exact) mass is 223 g/mol. The summed E-state index contributed by atoms with van der Waals surface area (Å²) in [6.07, 6.45) is 1.81. The van der Waals surface area contributed by atoms with Gasteiger partial charge in [0.25, 0.3) is 0 Å². The quantitative estimate of drug-likeness (QED) is 0.795. The van der Waals surface area contributed by atoms with Crippen molar-refractivity contribution >= 4 is 5.91 Å². The van der Waals surface area contributed by atoms with E-state index >= 15 is 0 Å². The number of aryl methyl sites for hydroxylation is 2. The first-order chi connectivity index (χ1) is 7.60. The van der Waals surface area contributed by atoms with Crippen LogP contribution in [-0.4, -0.2) is 17.1 Å². The summed E-state index contributed by atoms with van der Waals surface area (Å²) >= 11 is 0. The van der Waals surface area contributed by atoms with Crippen molar-refractivity contribution in [1.29, 1.82) is 0 Å². The van der Waals surface area contributed by atoms with Crippen LogP contribution in [0.15, 0.2) is 12.1 Å². The molecule has 3 N–H and O–H groups in total. The van der Waals surface area contributed by atoms with Gasteiger partial charge in [0.15, 0.2) is 0 Å². The minimum Gasteiger partial charge on any atom is -0.330 e. The second-order valence-electron chi connectivity index (χ2n) is 4.15. The van der Waals surface area contributed by atoms with Crippen molar-refractivity contribution < 1.29 is 4.79 Å². The van der Waals surface area contributed by atoms with E-state index < -0.39 is 0 Å². The largest absolute Gasteiger partial charge is 0.330 e. The third-order valence-electron chi connectivity index (χ3n) is 2.79. The number of aromatic nitrogens is 1. The van der Waals surface area contributed by atoms with Crippen LogP contribution in [0.5, 0.6) is 0 Å². The Bertz CT molecular complexity index is 338. The van der Waals surface area contributed by atoms with Gasteiger partial charge in [-0.3, -0.25) is 14.9 Å². The molecule has 4 nitrogen and oxygen atoms in total. The third kappa shape index (κ3) is 2.85. The molecule has 0 aromatic carbocycles. The summed E-state index contributed by atoms with van der Waals surface area (Å²) in [5, 5.41) is 0. The molecule has 1 heterocycles. The molecule has 1 aromatic heterocycles. The summed E-state index contributed by atoms with van der Waals surface area (Å²) in [5.41, 5.74) is 10.5. The molecule has 0 spiro atoms. The number of hydrogen-bond donors (Lipinski definition) is 2. The zero-order valence-corrected chi connectivity index (χ0v) is 10.3. The molecule has 0 saturated heterocycles. The third-order valence-corrected chi connectivity index (χ3v) is 2.79. The normalized spacial score (nSPS) is 12.5. The molecule has 0 radical (unpaired) electrons. The van der Waals surface area contributed by atoms with Gasteiger partial charge in [0.1, 0.15) is 0 Å². The SMILES string of the molecule is CCCC(CN)C(=O)Nn1c(C)ccc1C. The van der Waals surface area contributed by atoms with E-state index in [2.05, 4.69) is 12.3 Å². The van der Waals surface area contributed by atoms with E-state index in [1.807, 2.05) is 26.0 Å². The summed E-state index contributed by atoms with van der Waals surface area (Å²) in [5.74, 6) is -0.0852. The van der Waals surface area contributed by atoms with Crippen LogP contribution in [0.1, 0.15) is 31.2 Å². The topological polar surface area (TPSA) is 60.1 Å². The van der Waals surface area contributed by atoms with Crippen LogP contribution in [0.25, 0.3) is 0 Å². The smallest absolute Gasteiger partial charge is 0.243 e. The first-order valence-electron chi connectivity index (χ1n) is 5.76. The standard InChI is InChI=1S/C12H21N3O/c1-4-5-11(8-13)12(16)14-15-9(2)6-7-10(15)3/h6-7,11H,4-5,8,13H2,1-3H3,(H,14,16). The van der Waals surface area contributed by atoms with Crippen LogP contribution in [0.4, 0.5) is 0 Å². The van der Waals surface area contributed by atoms with Crippen molar-refractivity contribution in [3.63, 3.8) is 0 Å². The van der Waals surface area contributed by atoms with Crippen molar-refractivity contribution in [3.05, 3.63) is 23.5 Å². The summed E-state index contributed by atoms with van der Waals surface area (Å²) in [6.45, 7) is 6.39. The van der Waals surface area contributed by atoms with Crippen LogP contribution in [-0.2, 0) is 4.79 Å². The van der Waals surface area contributed by atoms with E-state index in [4.69, 9.17) is 5.73 Å². The lowest BCUT2D eigenvalue weighted by Crippen LogP contribution is -2.34. The molecule has 1 atom stereocenters.